The van der Waals surface area contributed by atoms with Gasteiger partial charge < -0.3 is 14.6 Å². The highest BCUT2D eigenvalue weighted by Crippen LogP contribution is 2.19. The molecule has 0 amide bonds. The fourth-order valence-electron chi connectivity index (χ4n) is 1.96. The minimum absolute atomic E-state index is 0.383. The van der Waals surface area contributed by atoms with Gasteiger partial charge in [0.15, 0.2) is 6.29 Å². The SMILES string of the molecule is COC(CC(C)(O)Cc1ncnn1CC(C)C)OC. The van der Waals surface area contributed by atoms with Crippen molar-refractivity contribution in [3.8, 4) is 0 Å². The molecule has 1 rings (SSSR count). The summed E-state index contributed by atoms with van der Waals surface area (Å²) in [5.74, 6) is 1.26. The van der Waals surface area contributed by atoms with Crippen LogP contribution in [0.1, 0.15) is 33.0 Å². The second-order valence-corrected chi connectivity index (χ2v) is 5.53. The third-order valence-corrected chi connectivity index (χ3v) is 2.90. The van der Waals surface area contributed by atoms with E-state index in [2.05, 4.69) is 23.9 Å². The van der Waals surface area contributed by atoms with E-state index in [9.17, 15) is 5.11 Å². The summed E-state index contributed by atoms with van der Waals surface area (Å²) in [6.45, 7) is 6.79. The van der Waals surface area contributed by atoms with Crippen molar-refractivity contribution < 1.29 is 14.6 Å². The smallest absolute Gasteiger partial charge is 0.159 e. The van der Waals surface area contributed by atoms with E-state index in [1.54, 1.807) is 21.1 Å². The summed E-state index contributed by atoms with van der Waals surface area (Å²) in [6, 6.07) is 0. The van der Waals surface area contributed by atoms with Crippen molar-refractivity contribution in [1.29, 1.82) is 0 Å². The largest absolute Gasteiger partial charge is 0.390 e. The Balaban J connectivity index is 2.69. The molecule has 1 unspecified atom stereocenters. The highest BCUT2D eigenvalue weighted by Gasteiger charge is 2.28. The first-order valence-electron chi connectivity index (χ1n) is 6.52. The van der Waals surface area contributed by atoms with E-state index < -0.39 is 11.9 Å². The molecule has 0 fully saturated rings. The summed E-state index contributed by atoms with van der Waals surface area (Å²) in [5, 5.41) is 14.6. The van der Waals surface area contributed by atoms with Crippen molar-refractivity contribution in [3.05, 3.63) is 12.2 Å². The van der Waals surface area contributed by atoms with Crippen molar-refractivity contribution >= 4 is 0 Å². The van der Waals surface area contributed by atoms with Crippen LogP contribution in [0, 0.1) is 5.92 Å². The van der Waals surface area contributed by atoms with Crippen molar-refractivity contribution in [2.75, 3.05) is 14.2 Å². The maximum absolute atomic E-state index is 10.4. The molecule has 110 valence electrons. The van der Waals surface area contributed by atoms with Crippen LogP contribution in [0.15, 0.2) is 6.33 Å². The van der Waals surface area contributed by atoms with Crippen LogP contribution in [0.3, 0.4) is 0 Å². The number of methoxy groups -OCH3 is 2. The molecule has 1 heterocycles. The lowest BCUT2D eigenvalue weighted by atomic mass is 9.97. The van der Waals surface area contributed by atoms with Crippen molar-refractivity contribution in [2.45, 2.75) is 52.0 Å². The van der Waals surface area contributed by atoms with Crippen molar-refractivity contribution in [2.24, 2.45) is 5.92 Å². The Kier molecular flexibility index (Phi) is 5.90. The molecule has 6 heteroatoms. The molecule has 0 bridgehead atoms. The topological polar surface area (TPSA) is 69.4 Å². The van der Waals surface area contributed by atoms with Crippen LogP contribution >= 0.6 is 0 Å². The predicted octanol–water partition coefficient (Wildman–Crippen LogP) is 1.24. The Bertz CT molecular complexity index is 373. The van der Waals surface area contributed by atoms with Crippen LogP contribution in [0.4, 0.5) is 0 Å². The van der Waals surface area contributed by atoms with E-state index in [1.807, 2.05) is 4.68 Å². The molecule has 0 spiro atoms. The maximum atomic E-state index is 10.4. The molecule has 1 aromatic heterocycles. The number of nitrogens with zero attached hydrogens (tertiary/aromatic N) is 3. The fraction of sp³-hybridized carbons (Fsp3) is 0.846. The standard InChI is InChI=1S/C13H25N3O3/c1-10(2)8-16-11(14-9-15-16)6-13(3,17)7-12(18-4)19-5/h9-10,12,17H,6-8H2,1-5H3. The average Bonchev–Trinajstić information content (AvgIpc) is 2.72. The molecule has 0 aliphatic heterocycles. The number of hydrogen-bond acceptors (Lipinski definition) is 5. The summed E-state index contributed by atoms with van der Waals surface area (Å²) >= 11 is 0. The lowest BCUT2D eigenvalue weighted by Crippen LogP contribution is -2.35. The van der Waals surface area contributed by atoms with E-state index in [0.717, 1.165) is 12.4 Å². The lowest BCUT2D eigenvalue weighted by molar-refractivity contribution is -0.140. The number of hydrogen-bond donors (Lipinski definition) is 1. The molecule has 1 aromatic rings. The second-order valence-electron chi connectivity index (χ2n) is 5.53. The average molecular weight is 271 g/mol. The zero-order valence-electron chi connectivity index (χ0n) is 12.5. The Labute approximate surface area is 114 Å². The number of rotatable bonds is 8. The van der Waals surface area contributed by atoms with Crippen LogP contribution in [0.2, 0.25) is 0 Å². The Morgan fingerprint density at radius 3 is 2.53 bits per heavy atom. The molecule has 0 aromatic carbocycles. The minimum Gasteiger partial charge on any atom is -0.390 e. The molecular weight excluding hydrogens is 246 g/mol. The Hall–Kier alpha value is -0.980. The number of aliphatic hydroxyl groups is 1. The summed E-state index contributed by atoms with van der Waals surface area (Å²) in [4.78, 5) is 4.22. The van der Waals surface area contributed by atoms with Crippen molar-refractivity contribution in [1.82, 2.24) is 14.8 Å². The van der Waals surface area contributed by atoms with Crippen LogP contribution in [-0.4, -0.2) is 46.0 Å². The molecule has 0 saturated heterocycles. The quantitative estimate of drug-likeness (QED) is 0.720. The van der Waals surface area contributed by atoms with E-state index in [4.69, 9.17) is 9.47 Å². The highest BCUT2D eigenvalue weighted by molar-refractivity contribution is 4.93. The van der Waals surface area contributed by atoms with Crippen LogP contribution in [0.25, 0.3) is 0 Å². The van der Waals surface area contributed by atoms with E-state index in [-0.39, 0.29) is 0 Å². The molecule has 0 aliphatic carbocycles. The van der Waals surface area contributed by atoms with Gasteiger partial charge in [-0.3, -0.25) is 0 Å². The summed E-state index contributed by atoms with van der Waals surface area (Å²) in [7, 11) is 3.12. The molecule has 6 nitrogen and oxygen atoms in total. The summed E-state index contributed by atoms with van der Waals surface area (Å²) in [6.07, 6.45) is 1.91. The van der Waals surface area contributed by atoms with E-state index in [1.165, 1.54) is 6.33 Å². The highest BCUT2D eigenvalue weighted by atomic mass is 16.7. The molecule has 0 saturated carbocycles. The fourth-order valence-corrected chi connectivity index (χ4v) is 1.96. The lowest BCUT2D eigenvalue weighted by Gasteiger charge is -2.26. The monoisotopic (exact) mass is 271 g/mol. The van der Waals surface area contributed by atoms with Gasteiger partial charge in [0.25, 0.3) is 0 Å². The first kappa shape index (κ1) is 16.1. The molecule has 0 aliphatic rings. The molecule has 1 atom stereocenters. The molecule has 19 heavy (non-hydrogen) atoms. The predicted molar refractivity (Wildman–Crippen MR) is 71.6 cm³/mol. The van der Waals surface area contributed by atoms with Crippen LogP contribution in [0.5, 0.6) is 0 Å². The normalized spacial score (nSPS) is 15.2. The van der Waals surface area contributed by atoms with Gasteiger partial charge in [-0.15, -0.1) is 0 Å². The van der Waals surface area contributed by atoms with Crippen LogP contribution < -0.4 is 0 Å². The maximum Gasteiger partial charge on any atom is 0.159 e. The van der Waals surface area contributed by atoms with Gasteiger partial charge in [-0.1, -0.05) is 13.8 Å². The minimum atomic E-state index is -0.946. The Morgan fingerprint density at radius 1 is 1.37 bits per heavy atom. The van der Waals surface area contributed by atoms with E-state index in [0.29, 0.717) is 18.8 Å². The molecular formula is C13H25N3O3. The molecule has 0 radical (unpaired) electrons. The van der Waals surface area contributed by atoms with Gasteiger partial charge in [0.1, 0.15) is 12.2 Å². The summed E-state index contributed by atoms with van der Waals surface area (Å²) < 4.78 is 12.1. The number of ether oxygens (including phenoxy) is 2. The second kappa shape index (κ2) is 6.98. The first-order valence-corrected chi connectivity index (χ1v) is 6.52. The van der Waals surface area contributed by atoms with Gasteiger partial charge >= 0.3 is 0 Å². The van der Waals surface area contributed by atoms with Gasteiger partial charge in [0.2, 0.25) is 0 Å². The van der Waals surface area contributed by atoms with Gasteiger partial charge in [0, 0.05) is 33.6 Å². The summed E-state index contributed by atoms with van der Waals surface area (Å²) in [5.41, 5.74) is -0.946. The number of aromatic nitrogens is 3. The third kappa shape index (κ3) is 5.26. The van der Waals surface area contributed by atoms with Gasteiger partial charge in [-0.2, -0.15) is 5.10 Å². The van der Waals surface area contributed by atoms with Gasteiger partial charge in [-0.25, -0.2) is 9.67 Å². The Morgan fingerprint density at radius 2 is 2.00 bits per heavy atom. The van der Waals surface area contributed by atoms with Gasteiger partial charge in [0.05, 0.1) is 5.60 Å². The van der Waals surface area contributed by atoms with Crippen LogP contribution in [-0.2, 0) is 22.4 Å². The molecule has 1 N–H and O–H groups in total. The van der Waals surface area contributed by atoms with Crippen molar-refractivity contribution in [3.63, 3.8) is 0 Å². The zero-order valence-corrected chi connectivity index (χ0v) is 12.5. The first-order chi connectivity index (χ1) is 8.88. The van der Waals surface area contributed by atoms with Gasteiger partial charge in [-0.05, 0) is 12.8 Å². The van der Waals surface area contributed by atoms with E-state index >= 15 is 0 Å². The third-order valence-electron chi connectivity index (χ3n) is 2.90. The zero-order chi connectivity index (χ0) is 14.5.